The van der Waals surface area contributed by atoms with Crippen molar-refractivity contribution in [2.75, 3.05) is 20.8 Å². The normalized spacial score (nSPS) is 11.8. The van der Waals surface area contributed by atoms with E-state index in [4.69, 9.17) is 4.74 Å². The Morgan fingerprint density at radius 3 is 2.73 bits per heavy atom. The van der Waals surface area contributed by atoms with Gasteiger partial charge in [0.1, 0.15) is 5.25 Å². The molecule has 10 heteroatoms. The number of urea groups is 1. The van der Waals surface area contributed by atoms with Gasteiger partial charge in [-0.25, -0.2) is 14.7 Å². The van der Waals surface area contributed by atoms with Crippen molar-refractivity contribution in [3.63, 3.8) is 0 Å². The first-order chi connectivity index (χ1) is 12.6. The van der Waals surface area contributed by atoms with Gasteiger partial charge in [0, 0.05) is 27.3 Å². The van der Waals surface area contributed by atoms with Gasteiger partial charge in [-0.2, -0.15) is 0 Å². The van der Waals surface area contributed by atoms with E-state index in [1.807, 2.05) is 6.07 Å². The highest BCUT2D eigenvalue weighted by Crippen LogP contribution is 2.33. The maximum Gasteiger partial charge on any atom is 0.343 e. The van der Waals surface area contributed by atoms with Crippen LogP contribution in [0.1, 0.15) is 17.2 Å². The fourth-order valence-electron chi connectivity index (χ4n) is 2.20. The molecular weight excluding hydrogens is 358 g/mol. The molecule has 0 fully saturated rings. The molecule has 0 aliphatic heterocycles. The van der Waals surface area contributed by atoms with Crippen LogP contribution in [0.4, 0.5) is 4.79 Å². The minimum absolute atomic E-state index is 0.359. The maximum absolute atomic E-state index is 12.6. The summed E-state index contributed by atoms with van der Waals surface area (Å²) < 4.78 is 6.45. The summed E-state index contributed by atoms with van der Waals surface area (Å²) >= 11 is 1.10. The number of benzene rings is 1. The van der Waals surface area contributed by atoms with Gasteiger partial charge < -0.3 is 10.1 Å². The second-order valence-electron chi connectivity index (χ2n) is 5.29. The van der Waals surface area contributed by atoms with Crippen LogP contribution in [0.3, 0.4) is 0 Å². The lowest BCUT2D eigenvalue weighted by Gasteiger charge is -2.16. The summed E-state index contributed by atoms with van der Waals surface area (Å²) in [6, 6.07) is 8.38. The van der Waals surface area contributed by atoms with Gasteiger partial charge in [-0.05, 0) is 12.0 Å². The van der Waals surface area contributed by atoms with Crippen LogP contribution in [0.15, 0.2) is 40.3 Å². The number of imide groups is 1. The third kappa shape index (κ3) is 5.20. The largest absolute Gasteiger partial charge is 0.385 e. The lowest BCUT2D eigenvalue weighted by molar-refractivity contribution is -0.119. The molecule has 0 aliphatic rings. The Kier molecular flexibility index (Phi) is 7.42. The van der Waals surface area contributed by atoms with E-state index in [9.17, 15) is 14.4 Å². The van der Waals surface area contributed by atoms with Crippen molar-refractivity contribution in [2.45, 2.75) is 23.4 Å². The Balaban J connectivity index is 2.26. The number of aromatic amines is 1. The van der Waals surface area contributed by atoms with Gasteiger partial charge >= 0.3 is 11.7 Å². The topological polar surface area (TPSA) is 118 Å². The Morgan fingerprint density at radius 2 is 2.08 bits per heavy atom. The number of H-pyrrole nitrogens is 1. The minimum atomic E-state index is -0.745. The van der Waals surface area contributed by atoms with Crippen LogP contribution in [-0.4, -0.2) is 47.5 Å². The zero-order chi connectivity index (χ0) is 18.9. The molecule has 0 radical (unpaired) electrons. The average Bonchev–Trinajstić information content (AvgIpc) is 3.00. The van der Waals surface area contributed by atoms with Crippen molar-refractivity contribution in [1.29, 1.82) is 0 Å². The molecule has 140 valence electrons. The van der Waals surface area contributed by atoms with Crippen LogP contribution in [0.2, 0.25) is 0 Å². The molecule has 0 unspecified atom stereocenters. The first-order valence-electron chi connectivity index (χ1n) is 7.95. The molecule has 3 amide bonds. The number of carbonyl (C=O) groups is 2. The average molecular weight is 379 g/mol. The molecule has 0 aliphatic carbocycles. The fourth-order valence-corrected chi connectivity index (χ4v) is 3.27. The van der Waals surface area contributed by atoms with Crippen molar-refractivity contribution in [2.24, 2.45) is 0 Å². The van der Waals surface area contributed by atoms with E-state index in [2.05, 4.69) is 20.8 Å². The summed E-state index contributed by atoms with van der Waals surface area (Å²) in [6.45, 7) is 0.908. The number of methoxy groups -OCH3 is 1. The van der Waals surface area contributed by atoms with Crippen molar-refractivity contribution < 1.29 is 14.3 Å². The van der Waals surface area contributed by atoms with Crippen LogP contribution in [0, 0.1) is 0 Å². The highest BCUT2D eigenvalue weighted by molar-refractivity contribution is 8.00. The predicted octanol–water partition coefficient (Wildman–Crippen LogP) is 0.897. The monoisotopic (exact) mass is 379 g/mol. The number of carbonyl (C=O) groups excluding carboxylic acids is 2. The standard InChI is InChI=1S/C16H21N5O4S/c1-17-14(23)18-13(22)12(11-7-4-3-5-8-11)26-16-20-19-15(24)21(16)9-6-10-25-2/h3-5,7-8,12H,6,9-10H2,1-2H3,(H,19,24)(H2,17,18,22,23)/t12-/m0/s1. The van der Waals surface area contributed by atoms with Gasteiger partial charge in [-0.15, -0.1) is 5.10 Å². The molecule has 9 nitrogen and oxygen atoms in total. The SMILES string of the molecule is CNC(=O)NC(=O)[C@@H](Sc1n[nH]c(=O)n1CCCOC)c1ccccc1. The van der Waals surface area contributed by atoms with E-state index >= 15 is 0 Å². The Labute approximate surface area is 154 Å². The van der Waals surface area contributed by atoms with E-state index < -0.39 is 17.2 Å². The molecule has 3 N–H and O–H groups in total. The van der Waals surface area contributed by atoms with E-state index in [-0.39, 0.29) is 5.69 Å². The number of rotatable bonds is 8. The molecular formula is C16H21N5O4S. The first kappa shape index (κ1) is 19.7. The number of nitrogens with one attached hydrogen (secondary N) is 3. The van der Waals surface area contributed by atoms with E-state index in [0.717, 1.165) is 11.8 Å². The third-order valence-corrected chi connectivity index (χ3v) is 4.73. The van der Waals surface area contributed by atoms with Crippen LogP contribution >= 0.6 is 11.8 Å². The molecule has 0 bridgehead atoms. The summed E-state index contributed by atoms with van der Waals surface area (Å²) in [5, 5.41) is 10.6. The van der Waals surface area contributed by atoms with Crippen LogP contribution in [0.25, 0.3) is 0 Å². The quantitative estimate of drug-likeness (QED) is 0.463. The summed E-state index contributed by atoms with van der Waals surface area (Å²) in [5.74, 6) is -0.501. The molecule has 1 atom stereocenters. The summed E-state index contributed by atoms with van der Waals surface area (Å²) in [5.41, 5.74) is 0.333. The van der Waals surface area contributed by atoms with Gasteiger partial charge in [0.25, 0.3) is 0 Å². The van der Waals surface area contributed by atoms with Gasteiger partial charge in [-0.3, -0.25) is 14.7 Å². The molecule has 0 spiro atoms. The van der Waals surface area contributed by atoms with Gasteiger partial charge in [0.15, 0.2) is 5.16 Å². The Bertz CT molecular complexity index is 789. The number of aromatic nitrogens is 3. The lowest BCUT2D eigenvalue weighted by Crippen LogP contribution is -2.39. The number of ether oxygens (including phenoxy) is 1. The first-order valence-corrected chi connectivity index (χ1v) is 8.83. The van der Waals surface area contributed by atoms with E-state index in [0.29, 0.717) is 30.3 Å². The molecule has 1 aromatic carbocycles. The van der Waals surface area contributed by atoms with Crippen LogP contribution in [0.5, 0.6) is 0 Å². The molecule has 2 rings (SSSR count). The molecule has 2 aromatic rings. The summed E-state index contributed by atoms with van der Waals surface area (Å²) in [7, 11) is 3.01. The smallest absolute Gasteiger partial charge is 0.343 e. The number of amides is 3. The van der Waals surface area contributed by atoms with Gasteiger partial charge in [-0.1, -0.05) is 42.1 Å². The molecule has 1 heterocycles. The van der Waals surface area contributed by atoms with Gasteiger partial charge in [0.05, 0.1) is 0 Å². The number of hydrogen-bond donors (Lipinski definition) is 3. The molecule has 0 saturated carbocycles. The second-order valence-corrected chi connectivity index (χ2v) is 6.36. The lowest BCUT2D eigenvalue weighted by atomic mass is 10.1. The highest BCUT2D eigenvalue weighted by atomic mass is 32.2. The molecule has 26 heavy (non-hydrogen) atoms. The van der Waals surface area contributed by atoms with Crippen molar-refractivity contribution in [1.82, 2.24) is 25.4 Å². The zero-order valence-corrected chi connectivity index (χ0v) is 15.3. The highest BCUT2D eigenvalue weighted by Gasteiger charge is 2.26. The Morgan fingerprint density at radius 1 is 1.35 bits per heavy atom. The minimum Gasteiger partial charge on any atom is -0.385 e. The fraction of sp³-hybridized carbons (Fsp3) is 0.375. The third-order valence-electron chi connectivity index (χ3n) is 3.48. The van der Waals surface area contributed by atoms with Crippen molar-refractivity contribution in [3.05, 3.63) is 46.4 Å². The van der Waals surface area contributed by atoms with Crippen molar-refractivity contribution >= 4 is 23.7 Å². The van der Waals surface area contributed by atoms with Crippen LogP contribution < -0.4 is 16.3 Å². The van der Waals surface area contributed by atoms with E-state index in [1.165, 1.54) is 11.6 Å². The maximum atomic E-state index is 12.6. The number of hydrogen-bond acceptors (Lipinski definition) is 6. The zero-order valence-electron chi connectivity index (χ0n) is 14.5. The number of thioether (sulfide) groups is 1. The molecule has 0 saturated heterocycles. The molecule has 1 aromatic heterocycles. The van der Waals surface area contributed by atoms with Gasteiger partial charge in [0.2, 0.25) is 5.91 Å². The summed E-state index contributed by atoms with van der Waals surface area (Å²) in [6.07, 6.45) is 0.629. The summed E-state index contributed by atoms with van der Waals surface area (Å²) in [4.78, 5) is 36.0. The van der Waals surface area contributed by atoms with Crippen LogP contribution in [-0.2, 0) is 16.1 Å². The Hall–Kier alpha value is -2.59. The van der Waals surface area contributed by atoms with E-state index in [1.54, 1.807) is 31.4 Å². The number of nitrogens with zero attached hydrogens (tertiary/aromatic N) is 2. The predicted molar refractivity (Wildman–Crippen MR) is 97.0 cm³/mol. The van der Waals surface area contributed by atoms with Crippen molar-refractivity contribution in [3.8, 4) is 0 Å². The second kappa shape index (κ2) is 9.78.